The molecule has 0 radical (unpaired) electrons. The highest BCUT2D eigenvalue weighted by Gasteiger charge is 2.67. The van der Waals surface area contributed by atoms with Crippen molar-refractivity contribution in [2.24, 2.45) is 28.6 Å². The standard InChI is InChI=1S/C34H52N2O5/c1-31(2,3)36-18-13-24(14-19-36)35-30(38)41-25-10-15-32(4)23(20-25)7-8-28-27(32)11-16-33(5)26(12-17-34(28,33)39)22-6-9-29(37)40-21-22/h6,9,21,23-28,39H,7-8,10-20H2,1-5H3,(H,35,38)/t23-,25+,26-,27?,28?,32+,33-,34+/m1/s1. The zero-order valence-corrected chi connectivity index (χ0v) is 25.9. The molecule has 0 aromatic carbocycles. The summed E-state index contributed by atoms with van der Waals surface area (Å²) in [5.74, 6) is 1.53. The van der Waals surface area contributed by atoms with Gasteiger partial charge in [0.25, 0.3) is 0 Å². The molecule has 0 spiro atoms. The largest absolute Gasteiger partial charge is 0.446 e. The molecule has 2 heterocycles. The van der Waals surface area contributed by atoms with Gasteiger partial charge in [-0.05, 0) is 132 Å². The van der Waals surface area contributed by atoms with Crippen LogP contribution in [-0.2, 0) is 4.74 Å². The average molecular weight is 569 g/mol. The van der Waals surface area contributed by atoms with Crippen LogP contribution in [0.15, 0.2) is 27.6 Å². The second kappa shape index (κ2) is 10.4. The number of likely N-dealkylation sites (tertiary alicyclic amines) is 1. The molecule has 5 aliphatic rings. The number of nitrogens with zero attached hydrogens (tertiary/aromatic N) is 1. The van der Waals surface area contributed by atoms with E-state index in [1.807, 2.05) is 6.07 Å². The summed E-state index contributed by atoms with van der Waals surface area (Å²) in [7, 11) is 0. The van der Waals surface area contributed by atoms with Crippen molar-refractivity contribution in [2.45, 2.75) is 134 Å². The van der Waals surface area contributed by atoms with Gasteiger partial charge in [0.05, 0.1) is 11.9 Å². The first-order chi connectivity index (χ1) is 19.3. The van der Waals surface area contributed by atoms with E-state index in [0.29, 0.717) is 17.8 Å². The fourth-order valence-corrected chi connectivity index (χ4v) is 10.4. The number of carbonyl (C=O) groups excluding carboxylic acids is 1. The lowest BCUT2D eigenvalue weighted by atomic mass is 9.43. The van der Waals surface area contributed by atoms with Crippen LogP contribution in [-0.4, -0.2) is 52.5 Å². The summed E-state index contributed by atoms with van der Waals surface area (Å²) >= 11 is 0. The molecule has 1 aromatic heterocycles. The summed E-state index contributed by atoms with van der Waals surface area (Å²) in [6, 6.07) is 3.62. The number of nitrogens with one attached hydrogen (secondary N) is 1. The molecular weight excluding hydrogens is 516 g/mol. The number of aliphatic hydroxyl groups is 1. The summed E-state index contributed by atoms with van der Waals surface area (Å²) in [5, 5.41) is 15.6. The smallest absolute Gasteiger partial charge is 0.407 e. The summed E-state index contributed by atoms with van der Waals surface area (Å²) < 4.78 is 11.3. The van der Waals surface area contributed by atoms with Crippen LogP contribution in [0, 0.1) is 28.6 Å². The second-order valence-electron chi connectivity index (χ2n) is 15.7. The van der Waals surface area contributed by atoms with Gasteiger partial charge in [0.2, 0.25) is 0 Å². The van der Waals surface area contributed by atoms with Crippen molar-refractivity contribution in [1.29, 1.82) is 0 Å². The molecule has 7 nitrogen and oxygen atoms in total. The minimum atomic E-state index is -0.694. The quantitative estimate of drug-likeness (QED) is 0.449. The predicted molar refractivity (Wildman–Crippen MR) is 159 cm³/mol. The molecule has 4 saturated carbocycles. The van der Waals surface area contributed by atoms with Crippen LogP contribution in [0.2, 0.25) is 0 Å². The average Bonchev–Trinajstić information content (AvgIpc) is 3.20. The van der Waals surface area contributed by atoms with Gasteiger partial charge in [0.15, 0.2) is 0 Å². The van der Waals surface area contributed by atoms with Gasteiger partial charge in [-0.15, -0.1) is 0 Å². The van der Waals surface area contributed by atoms with Gasteiger partial charge >= 0.3 is 11.7 Å². The molecule has 0 bridgehead atoms. The maximum atomic E-state index is 12.9. The zero-order valence-electron chi connectivity index (χ0n) is 25.9. The third-order valence-corrected chi connectivity index (χ3v) is 13.0. The monoisotopic (exact) mass is 568 g/mol. The summed E-state index contributed by atoms with van der Waals surface area (Å²) in [6.45, 7) is 13.5. The second-order valence-corrected chi connectivity index (χ2v) is 15.7. The Labute approximate surface area is 245 Å². The molecule has 1 aromatic rings. The SMILES string of the molecule is CC(C)(C)N1CCC(NC(=O)O[C@H]2CC[C@]3(C)C4CC[C@]5(C)[C@@H](c6ccc(=O)oc6)CC[C@]5(O)C4CC[C@@H]3C2)CC1. The van der Waals surface area contributed by atoms with E-state index in [4.69, 9.17) is 9.15 Å². The van der Waals surface area contributed by atoms with Crippen LogP contribution in [0.5, 0.6) is 0 Å². The highest BCUT2D eigenvalue weighted by atomic mass is 16.6. The summed E-state index contributed by atoms with van der Waals surface area (Å²) in [4.78, 5) is 27.0. The van der Waals surface area contributed by atoms with Gasteiger partial charge in [0, 0.05) is 36.2 Å². The lowest BCUT2D eigenvalue weighted by molar-refractivity contribution is -0.205. The Hall–Kier alpha value is -1.86. The normalized spacial score (nSPS) is 41.7. The number of carbonyl (C=O) groups is 1. The number of rotatable bonds is 3. The maximum Gasteiger partial charge on any atom is 0.407 e. The predicted octanol–water partition coefficient (Wildman–Crippen LogP) is 6.24. The molecule has 6 rings (SSSR count). The lowest BCUT2D eigenvalue weighted by Crippen LogP contribution is -2.62. The van der Waals surface area contributed by atoms with E-state index in [2.05, 4.69) is 44.8 Å². The van der Waals surface area contributed by atoms with E-state index in [1.165, 1.54) is 6.07 Å². The van der Waals surface area contributed by atoms with Crippen molar-refractivity contribution in [3.05, 3.63) is 34.4 Å². The lowest BCUT2D eigenvalue weighted by Gasteiger charge is -2.63. The highest BCUT2D eigenvalue weighted by molar-refractivity contribution is 5.67. The van der Waals surface area contributed by atoms with Gasteiger partial charge in [-0.2, -0.15) is 0 Å². The fourth-order valence-electron chi connectivity index (χ4n) is 10.4. The Morgan fingerprint density at radius 1 is 1.00 bits per heavy atom. The van der Waals surface area contributed by atoms with E-state index >= 15 is 0 Å². The van der Waals surface area contributed by atoms with Gasteiger partial charge < -0.3 is 19.6 Å². The molecule has 1 amide bonds. The van der Waals surface area contributed by atoms with Crippen LogP contribution in [0.4, 0.5) is 4.79 Å². The van der Waals surface area contributed by atoms with Gasteiger partial charge in [-0.3, -0.25) is 4.90 Å². The van der Waals surface area contributed by atoms with Crippen molar-refractivity contribution in [3.63, 3.8) is 0 Å². The Morgan fingerprint density at radius 3 is 2.44 bits per heavy atom. The van der Waals surface area contributed by atoms with E-state index in [9.17, 15) is 14.7 Å². The Balaban J connectivity index is 1.07. The third-order valence-electron chi connectivity index (χ3n) is 13.0. The highest BCUT2D eigenvalue weighted by Crippen LogP contribution is 2.70. The van der Waals surface area contributed by atoms with Crippen molar-refractivity contribution in [1.82, 2.24) is 10.2 Å². The van der Waals surface area contributed by atoms with Crippen LogP contribution < -0.4 is 10.9 Å². The van der Waals surface area contributed by atoms with Crippen LogP contribution in [0.25, 0.3) is 0 Å². The first kappa shape index (κ1) is 29.2. The molecule has 41 heavy (non-hydrogen) atoms. The number of alkyl carbamates (subject to hydrolysis) is 1. The number of hydrogen-bond donors (Lipinski definition) is 2. The summed E-state index contributed by atoms with van der Waals surface area (Å²) in [5.41, 5.74) is 0.178. The van der Waals surface area contributed by atoms with Crippen molar-refractivity contribution >= 4 is 6.09 Å². The number of hydrogen-bond acceptors (Lipinski definition) is 6. The van der Waals surface area contributed by atoms with E-state index in [1.54, 1.807) is 6.26 Å². The van der Waals surface area contributed by atoms with E-state index in [0.717, 1.165) is 89.3 Å². The Morgan fingerprint density at radius 2 is 1.76 bits per heavy atom. The molecule has 5 fully saturated rings. The Kier molecular flexibility index (Phi) is 7.41. The van der Waals surface area contributed by atoms with Crippen molar-refractivity contribution in [2.75, 3.05) is 13.1 Å². The van der Waals surface area contributed by atoms with Gasteiger partial charge in [0.1, 0.15) is 6.10 Å². The van der Waals surface area contributed by atoms with Crippen molar-refractivity contribution < 1.29 is 19.1 Å². The first-order valence-electron chi connectivity index (χ1n) is 16.4. The van der Waals surface area contributed by atoms with E-state index < -0.39 is 5.60 Å². The number of fused-ring (bicyclic) bond motifs is 5. The molecule has 7 heteroatoms. The molecule has 1 saturated heterocycles. The molecule has 8 atom stereocenters. The van der Waals surface area contributed by atoms with E-state index in [-0.39, 0.29) is 46.2 Å². The molecule has 2 unspecified atom stereocenters. The molecule has 2 N–H and O–H groups in total. The summed E-state index contributed by atoms with van der Waals surface area (Å²) in [6.07, 6.45) is 12.2. The zero-order chi connectivity index (χ0) is 29.2. The first-order valence-corrected chi connectivity index (χ1v) is 16.4. The molecule has 4 aliphatic carbocycles. The number of piperidine rings is 1. The van der Waals surface area contributed by atoms with Gasteiger partial charge in [-0.25, -0.2) is 9.59 Å². The minimum Gasteiger partial charge on any atom is -0.446 e. The Bertz CT molecular complexity index is 1160. The molecular formula is C34H52N2O5. The maximum absolute atomic E-state index is 12.9. The van der Waals surface area contributed by atoms with Crippen LogP contribution in [0.3, 0.4) is 0 Å². The number of amides is 1. The minimum absolute atomic E-state index is 0.0140. The molecule has 228 valence electrons. The van der Waals surface area contributed by atoms with Crippen molar-refractivity contribution in [3.8, 4) is 0 Å². The topological polar surface area (TPSA) is 92.0 Å². The number of ether oxygens (including phenoxy) is 1. The van der Waals surface area contributed by atoms with Crippen LogP contribution in [0.1, 0.15) is 117 Å². The van der Waals surface area contributed by atoms with Gasteiger partial charge in [-0.1, -0.05) is 13.8 Å². The molecule has 1 aliphatic heterocycles. The third kappa shape index (κ3) is 4.97. The fraction of sp³-hybridized carbons (Fsp3) is 0.824. The van der Waals surface area contributed by atoms with Crippen LogP contribution >= 0.6 is 0 Å².